The molecule has 1 heterocycles. The zero-order valence-corrected chi connectivity index (χ0v) is 12.6. The Morgan fingerprint density at radius 1 is 1.33 bits per heavy atom. The number of ketones is 1. The van der Waals surface area contributed by atoms with Crippen LogP contribution in [0.2, 0.25) is 0 Å². The molecule has 0 fully saturated rings. The van der Waals surface area contributed by atoms with E-state index in [0.29, 0.717) is 16.5 Å². The largest absolute Gasteiger partial charge is 0.360 e. The second-order valence-corrected chi connectivity index (χ2v) is 5.47. The van der Waals surface area contributed by atoms with E-state index in [2.05, 4.69) is 4.98 Å². The van der Waals surface area contributed by atoms with Gasteiger partial charge in [0.05, 0.1) is 21.9 Å². The van der Waals surface area contributed by atoms with E-state index >= 15 is 0 Å². The van der Waals surface area contributed by atoms with Crippen molar-refractivity contribution >= 4 is 22.4 Å². The molecule has 6 heteroatoms. The van der Waals surface area contributed by atoms with Crippen LogP contribution in [0.1, 0.15) is 29.2 Å². The lowest BCUT2D eigenvalue weighted by molar-refractivity contribution is -0.383. The number of hydrogen-bond acceptors (Lipinski definition) is 4. The van der Waals surface area contributed by atoms with E-state index in [0.717, 1.165) is 16.6 Å². The Labute approximate surface area is 122 Å². The van der Waals surface area contributed by atoms with E-state index in [4.69, 9.17) is 5.73 Å². The fourth-order valence-corrected chi connectivity index (χ4v) is 2.63. The molecule has 0 aliphatic rings. The van der Waals surface area contributed by atoms with Gasteiger partial charge >= 0.3 is 0 Å². The van der Waals surface area contributed by atoms with Crippen LogP contribution in [0.5, 0.6) is 0 Å². The zero-order valence-electron chi connectivity index (χ0n) is 12.6. The Bertz CT molecular complexity index is 746. The highest BCUT2D eigenvalue weighted by atomic mass is 16.6. The number of nitrogens with two attached hydrogens (primary N) is 1. The third-order valence-corrected chi connectivity index (χ3v) is 4.20. The predicted molar refractivity (Wildman–Crippen MR) is 81.5 cm³/mol. The molecule has 0 bridgehead atoms. The number of benzene rings is 1. The molecule has 2 aromatic rings. The molecule has 2 rings (SSSR count). The van der Waals surface area contributed by atoms with Crippen molar-refractivity contribution in [3.05, 3.63) is 38.6 Å². The van der Waals surface area contributed by atoms with Gasteiger partial charge in [-0.3, -0.25) is 14.9 Å². The number of nitrogens with one attached hydrogen (secondary N) is 1. The number of aromatic amines is 1. The van der Waals surface area contributed by atoms with Crippen LogP contribution >= 0.6 is 0 Å². The summed E-state index contributed by atoms with van der Waals surface area (Å²) >= 11 is 0. The van der Waals surface area contributed by atoms with Gasteiger partial charge in [0.25, 0.3) is 5.69 Å². The van der Waals surface area contributed by atoms with Gasteiger partial charge in [0.15, 0.2) is 0 Å². The van der Waals surface area contributed by atoms with E-state index in [1.165, 1.54) is 6.92 Å². The fraction of sp³-hybridized carbons (Fsp3) is 0.400. The van der Waals surface area contributed by atoms with Crippen molar-refractivity contribution in [1.82, 2.24) is 4.98 Å². The van der Waals surface area contributed by atoms with E-state index in [1.54, 1.807) is 13.1 Å². The van der Waals surface area contributed by atoms with Crippen LogP contribution in [0.3, 0.4) is 0 Å². The molecule has 0 amide bonds. The quantitative estimate of drug-likeness (QED) is 0.666. The van der Waals surface area contributed by atoms with Crippen molar-refractivity contribution in [3.8, 4) is 0 Å². The van der Waals surface area contributed by atoms with Crippen molar-refractivity contribution in [2.75, 3.05) is 0 Å². The Morgan fingerprint density at radius 2 is 1.95 bits per heavy atom. The molecule has 21 heavy (non-hydrogen) atoms. The number of carbonyl (C=O) groups is 1. The molecule has 6 nitrogen and oxygen atoms in total. The highest BCUT2D eigenvalue weighted by Crippen LogP contribution is 2.37. The van der Waals surface area contributed by atoms with Gasteiger partial charge in [-0.1, -0.05) is 0 Å². The lowest BCUT2D eigenvalue weighted by atomic mass is 9.95. The highest BCUT2D eigenvalue weighted by molar-refractivity contribution is 5.97. The lowest BCUT2D eigenvalue weighted by Crippen LogP contribution is -2.30. The number of carbonyl (C=O) groups excluding carboxylic acids is 1. The van der Waals surface area contributed by atoms with Crippen LogP contribution in [0.25, 0.3) is 10.9 Å². The van der Waals surface area contributed by atoms with Crippen LogP contribution in [0.15, 0.2) is 6.20 Å². The highest BCUT2D eigenvalue weighted by Gasteiger charge is 2.25. The van der Waals surface area contributed by atoms with Crippen molar-refractivity contribution in [2.45, 2.75) is 40.2 Å². The summed E-state index contributed by atoms with van der Waals surface area (Å²) in [5.74, 6) is -0.132. The molecule has 1 aromatic carbocycles. The first-order valence-corrected chi connectivity index (χ1v) is 6.75. The molecule has 1 aromatic heterocycles. The van der Waals surface area contributed by atoms with Gasteiger partial charge in [-0.25, -0.2) is 0 Å². The maximum atomic E-state index is 11.5. The minimum absolute atomic E-state index is 0.0973. The summed E-state index contributed by atoms with van der Waals surface area (Å²) in [6.07, 6.45) is 2.00. The number of fused-ring (bicyclic) bond motifs is 1. The summed E-state index contributed by atoms with van der Waals surface area (Å²) in [5.41, 5.74) is 9.89. The van der Waals surface area contributed by atoms with Crippen molar-refractivity contribution < 1.29 is 9.72 Å². The van der Waals surface area contributed by atoms with Crippen molar-refractivity contribution in [1.29, 1.82) is 0 Å². The zero-order chi connectivity index (χ0) is 15.9. The SMILES string of the molecule is CC(=O)C(N)Cc1c[nH]c2c(C)c(C)c(C)c([N+](=O)[O-])c12. The number of Topliss-reactive ketones (excluding diaryl/α,β-unsaturated/α-hetero) is 1. The molecule has 1 unspecified atom stereocenters. The summed E-state index contributed by atoms with van der Waals surface area (Å²) in [6, 6.07) is -0.648. The van der Waals surface area contributed by atoms with E-state index in [1.807, 2.05) is 13.8 Å². The van der Waals surface area contributed by atoms with Gasteiger partial charge < -0.3 is 10.7 Å². The van der Waals surface area contributed by atoms with Gasteiger partial charge in [-0.15, -0.1) is 0 Å². The minimum atomic E-state index is -0.648. The second kappa shape index (κ2) is 5.29. The normalized spacial score (nSPS) is 12.6. The monoisotopic (exact) mass is 289 g/mol. The number of nitro groups is 1. The summed E-state index contributed by atoms with van der Waals surface area (Å²) < 4.78 is 0. The van der Waals surface area contributed by atoms with Gasteiger partial charge in [0.2, 0.25) is 0 Å². The molecule has 0 radical (unpaired) electrons. The summed E-state index contributed by atoms with van der Waals surface area (Å²) in [7, 11) is 0. The average Bonchev–Trinajstić information content (AvgIpc) is 2.79. The van der Waals surface area contributed by atoms with Crippen LogP contribution in [0.4, 0.5) is 5.69 Å². The summed E-state index contributed by atoms with van der Waals surface area (Å²) in [6.45, 7) is 6.98. The maximum absolute atomic E-state index is 11.5. The average molecular weight is 289 g/mol. The smallest absolute Gasteiger partial charge is 0.282 e. The van der Waals surface area contributed by atoms with Crippen molar-refractivity contribution in [3.63, 3.8) is 0 Å². The predicted octanol–water partition coefficient (Wildman–Crippen LogP) is 2.46. The minimum Gasteiger partial charge on any atom is -0.360 e. The number of aryl methyl sites for hydroxylation is 1. The Balaban J connectivity index is 2.76. The Kier molecular flexibility index (Phi) is 3.82. The first kappa shape index (κ1) is 15.2. The number of H-pyrrole nitrogens is 1. The first-order valence-electron chi connectivity index (χ1n) is 6.75. The number of rotatable bonds is 4. The third kappa shape index (κ3) is 2.42. The Morgan fingerprint density at radius 3 is 2.48 bits per heavy atom. The molecule has 0 spiro atoms. The number of aromatic nitrogens is 1. The van der Waals surface area contributed by atoms with Gasteiger partial charge in [0, 0.05) is 11.8 Å². The number of hydrogen-bond donors (Lipinski definition) is 2. The van der Waals surface area contributed by atoms with Gasteiger partial charge in [-0.2, -0.15) is 0 Å². The molecule has 0 saturated heterocycles. The maximum Gasteiger partial charge on any atom is 0.282 e. The molecular weight excluding hydrogens is 270 g/mol. The molecule has 0 aliphatic carbocycles. The topological polar surface area (TPSA) is 102 Å². The number of nitro benzene ring substituents is 1. The summed E-state index contributed by atoms with van der Waals surface area (Å²) in [5, 5.41) is 12.0. The molecule has 1 atom stereocenters. The third-order valence-electron chi connectivity index (χ3n) is 4.20. The van der Waals surface area contributed by atoms with Crippen LogP contribution in [-0.2, 0) is 11.2 Å². The van der Waals surface area contributed by atoms with Crippen molar-refractivity contribution in [2.24, 2.45) is 5.73 Å². The van der Waals surface area contributed by atoms with Gasteiger partial charge in [-0.05, 0) is 50.8 Å². The van der Waals surface area contributed by atoms with Crippen LogP contribution < -0.4 is 5.73 Å². The van der Waals surface area contributed by atoms with Gasteiger partial charge in [0.1, 0.15) is 5.78 Å². The lowest BCUT2D eigenvalue weighted by Gasteiger charge is -2.10. The molecule has 0 saturated carbocycles. The first-order chi connectivity index (χ1) is 9.75. The molecule has 0 aliphatic heterocycles. The second-order valence-electron chi connectivity index (χ2n) is 5.47. The number of nitrogens with zero attached hydrogens (tertiary/aromatic N) is 1. The van der Waals surface area contributed by atoms with E-state index < -0.39 is 6.04 Å². The molecule has 3 N–H and O–H groups in total. The molecule has 112 valence electrons. The van der Waals surface area contributed by atoms with Crippen LogP contribution in [0, 0.1) is 30.9 Å². The Hall–Kier alpha value is -2.21. The summed E-state index contributed by atoms with van der Waals surface area (Å²) in [4.78, 5) is 25.5. The van der Waals surface area contributed by atoms with E-state index in [-0.39, 0.29) is 22.8 Å². The fourth-order valence-electron chi connectivity index (χ4n) is 2.63. The molecular formula is C15H19N3O3. The van der Waals surface area contributed by atoms with Crippen LogP contribution in [-0.4, -0.2) is 21.7 Å². The standard InChI is InChI=1S/C15H19N3O3/c1-7-8(2)14-13(15(9(7)3)18(20)21)11(6-17-14)5-12(16)10(4)19/h6,12,17H,5,16H2,1-4H3. The van der Waals surface area contributed by atoms with E-state index in [9.17, 15) is 14.9 Å².